The number of ether oxygens (including phenoxy) is 2. The maximum atomic E-state index is 13.4. The van der Waals surface area contributed by atoms with Crippen molar-refractivity contribution in [2.75, 3.05) is 19.8 Å². The molecule has 0 bridgehead atoms. The average Bonchev–Trinajstić information content (AvgIpc) is 2.91. The molecule has 0 saturated carbocycles. The number of aryl methyl sites for hydroxylation is 1. The molecule has 210 valence electrons. The molecule has 0 atom stereocenters. The van der Waals surface area contributed by atoms with E-state index in [1.54, 1.807) is 35.9 Å². The number of pyridine rings is 2. The van der Waals surface area contributed by atoms with E-state index < -0.39 is 22.4 Å². The third-order valence-electron chi connectivity index (χ3n) is 5.71. The predicted octanol–water partition coefficient (Wildman–Crippen LogP) is 3.36. The van der Waals surface area contributed by atoms with E-state index in [2.05, 4.69) is 16.6 Å². The third kappa shape index (κ3) is 7.03. The number of hydrogen-bond donors (Lipinski definition) is 0. The van der Waals surface area contributed by atoms with Gasteiger partial charge in [0.25, 0.3) is 17.2 Å². The fraction of sp³-hybridized carbons (Fsp3) is 0.321. The maximum absolute atomic E-state index is 13.4. The zero-order valence-electron chi connectivity index (χ0n) is 22.7. The number of amides is 1. The molecule has 0 N–H and O–H groups in total. The van der Waals surface area contributed by atoms with Crippen molar-refractivity contribution in [1.29, 1.82) is 0 Å². The van der Waals surface area contributed by atoms with Crippen LogP contribution in [-0.4, -0.2) is 50.6 Å². The Morgan fingerprint density at radius 2 is 2.02 bits per heavy atom. The lowest BCUT2D eigenvalue weighted by Crippen LogP contribution is -2.33. The van der Waals surface area contributed by atoms with Gasteiger partial charge in [-0.1, -0.05) is 24.8 Å². The molecule has 3 heterocycles. The molecule has 0 fully saturated rings. The molecule has 0 saturated heterocycles. The Morgan fingerprint density at radius 1 is 1.25 bits per heavy atom. The van der Waals surface area contributed by atoms with E-state index in [0.717, 1.165) is 0 Å². The molecule has 12 nitrogen and oxygen atoms in total. The molecule has 40 heavy (non-hydrogen) atoms. The van der Waals surface area contributed by atoms with Crippen molar-refractivity contribution >= 4 is 28.6 Å². The molecular formula is C28H31N5O7. The van der Waals surface area contributed by atoms with E-state index in [-0.39, 0.29) is 52.9 Å². The first-order valence-electron chi connectivity index (χ1n) is 12.7. The number of fused-ring (bicyclic) bond motifs is 2. The van der Waals surface area contributed by atoms with Gasteiger partial charge in [-0.05, 0) is 45.4 Å². The van der Waals surface area contributed by atoms with Gasteiger partial charge in [0.05, 0.1) is 16.9 Å². The first-order valence-corrected chi connectivity index (χ1v) is 12.7. The molecule has 0 spiro atoms. The Labute approximate surface area is 229 Å². The van der Waals surface area contributed by atoms with E-state index >= 15 is 0 Å². The van der Waals surface area contributed by atoms with Crippen LogP contribution in [0.25, 0.3) is 16.7 Å². The minimum Gasteiger partial charge on any atom is -0.462 e. The monoisotopic (exact) mass is 549 g/mol. The highest BCUT2D eigenvalue weighted by Crippen LogP contribution is 2.12. The molecule has 0 aliphatic carbocycles. The van der Waals surface area contributed by atoms with Gasteiger partial charge in [0.15, 0.2) is 5.49 Å². The Hall–Kier alpha value is -4.71. The number of hydrogen-bond acceptors (Lipinski definition) is 8. The van der Waals surface area contributed by atoms with Crippen molar-refractivity contribution in [2.45, 2.75) is 40.2 Å². The summed E-state index contributed by atoms with van der Waals surface area (Å²) in [4.78, 5) is 58.7. The van der Waals surface area contributed by atoms with Crippen LogP contribution < -0.4 is 11.0 Å². The molecule has 3 aromatic heterocycles. The number of nitro groups is 1. The zero-order chi connectivity index (χ0) is 29.2. The first kappa shape index (κ1) is 29.8. The average molecular weight is 550 g/mol. The van der Waals surface area contributed by atoms with E-state index in [0.29, 0.717) is 25.3 Å². The Bertz CT molecular complexity index is 1630. The Kier molecular flexibility index (Phi) is 10.4. The third-order valence-corrected chi connectivity index (χ3v) is 5.71. The summed E-state index contributed by atoms with van der Waals surface area (Å²) in [6.45, 7) is 9.81. The van der Waals surface area contributed by atoms with E-state index in [9.17, 15) is 24.5 Å². The maximum Gasteiger partial charge on any atom is 0.341 e. The van der Waals surface area contributed by atoms with Crippen LogP contribution in [0.4, 0.5) is 0 Å². The summed E-state index contributed by atoms with van der Waals surface area (Å²) < 4.78 is 13.6. The number of esters is 1. The molecule has 3 aromatic rings. The summed E-state index contributed by atoms with van der Waals surface area (Å²) in [5, 5.41) is 11.3. The summed E-state index contributed by atoms with van der Waals surface area (Å²) in [5.41, 5.74) is 0.265. The molecule has 12 heteroatoms. The van der Waals surface area contributed by atoms with Crippen LogP contribution in [0.2, 0.25) is 0 Å². The Balaban J connectivity index is 2.22. The number of nitrogens with zero attached hydrogens (tertiary/aromatic N) is 5. The number of rotatable bonds is 12. The van der Waals surface area contributed by atoms with Gasteiger partial charge in [-0.25, -0.2) is 9.78 Å². The molecular weight excluding hydrogens is 518 g/mol. The lowest BCUT2D eigenvalue weighted by Gasteiger charge is -2.15. The standard InChI is InChI=1S/C28H31N5O7/c1-5-39-17-11-16-32-25-20(27(35)31-15-10-9-13-23(31)29-25)18-21(28(36)40-6-2)26(32)30-24(34)14-8-7-12-22(19(3)4)33(37)38/h7-10,12-13,15,18H,3,5-6,11,14,16-17H2,1-2,4H3/b8-7+,22-12+,30-26?. The van der Waals surface area contributed by atoms with Crippen molar-refractivity contribution in [3.05, 3.63) is 98.1 Å². The highest BCUT2D eigenvalue weighted by Gasteiger charge is 2.20. The zero-order valence-corrected chi connectivity index (χ0v) is 22.7. The topological polar surface area (TPSA) is 147 Å². The van der Waals surface area contributed by atoms with Gasteiger partial charge in [0.1, 0.15) is 16.9 Å². The van der Waals surface area contributed by atoms with Crippen molar-refractivity contribution in [3.63, 3.8) is 0 Å². The lowest BCUT2D eigenvalue weighted by atomic mass is 10.2. The van der Waals surface area contributed by atoms with E-state index in [1.807, 2.05) is 6.92 Å². The highest BCUT2D eigenvalue weighted by atomic mass is 16.6. The van der Waals surface area contributed by atoms with Crippen LogP contribution in [0.15, 0.2) is 76.3 Å². The molecule has 0 radical (unpaired) electrons. The smallest absolute Gasteiger partial charge is 0.341 e. The predicted molar refractivity (Wildman–Crippen MR) is 148 cm³/mol. The van der Waals surface area contributed by atoms with Crippen molar-refractivity contribution in [1.82, 2.24) is 14.0 Å². The number of allylic oxidation sites excluding steroid dienone is 3. The number of aromatic nitrogens is 3. The summed E-state index contributed by atoms with van der Waals surface area (Å²) in [6.07, 6.45) is 5.89. The summed E-state index contributed by atoms with van der Waals surface area (Å²) in [6, 6.07) is 6.46. The highest BCUT2D eigenvalue weighted by molar-refractivity contribution is 5.93. The fourth-order valence-corrected chi connectivity index (χ4v) is 3.89. The molecule has 1 amide bonds. The van der Waals surface area contributed by atoms with E-state index in [1.165, 1.54) is 35.6 Å². The molecule has 3 rings (SSSR count). The van der Waals surface area contributed by atoms with Gasteiger partial charge in [-0.15, -0.1) is 0 Å². The quantitative estimate of drug-likeness (QED) is 0.0834. The summed E-state index contributed by atoms with van der Waals surface area (Å²) in [5.74, 6) is -1.37. The van der Waals surface area contributed by atoms with Crippen LogP contribution in [0, 0.1) is 10.1 Å². The number of carbonyl (C=O) groups is 2. The fourth-order valence-electron chi connectivity index (χ4n) is 3.89. The summed E-state index contributed by atoms with van der Waals surface area (Å²) >= 11 is 0. The van der Waals surface area contributed by atoms with Crippen LogP contribution in [0.3, 0.4) is 0 Å². The Morgan fingerprint density at radius 3 is 2.70 bits per heavy atom. The SMILES string of the molecule is C=C(C)/C(=C\C=C\CC(=O)N=c1c(C(=O)OCC)cc2c(=O)n3ccccc3nc2n1CCCOCC)[N+](=O)[O-]. The van der Waals surface area contributed by atoms with Gasteiger partial charge in [0, 0.05) is 44.0 Å². The second-order valence-electron chi connectivity index (χ2n) is 8.61. The largest absolute Gasteiger partial charge is 0.462 e. The van der Waals surface area contributed by atoms with Gasteiger partial charge in [-0.2, -0.15) is 4.99 Å². The lowest BCUT2D eigenvalue weighted by molar-refractivity contribution is -0.420. The minimum atomic E-state index is -0.748. The normalized spacial score (nSPS) is 12.4. The molecule has 0 aliphatic rings. The van der Waals surface area contributed by atoms with Crippen molar-refractivity contribution in [3.8, 4) is 0 Å². The first-order chi connectivity index (χ1) is 19.2. The van der Waals surface area contributed by atoms with Crippen LogP contribution in [0.5, 0.6) is 0 Å². The second-order valence-corrected chi connectivity index (χ2v) is 8.61. The summed E-state index contributed by atoms with van der Waals surface area (Å²) in [7, 11) is 0. The second kappa shape index (κ2) is 13.9. The van der Waals surface area contributed by atoms with Crippen LogP contribution in [-0.2, 0) is 20.8 Å². The van der Waals surface area contributed by atoms with Crippen molar-refractivity contribution in [2.24, 2.45) is 4.99 Å². The van der Waals surface area contributed by atoms with Gasteiger partial charge in [-0.3, -0.25) is 24.1 Å². The van der Waals surface area contributed by atoms with Crippen molar-refractivity contribution < 1.29 is 24.0 Å². The van der Waals surface area contributed by atoms with Gasteiger partial charge >= 0.3 is 5.97 Å². The number of carbonyl (C=O) groups excluding carboxylic acids is 2. The van der Waals surface area contributed by atoms with E-state index in [4.69, 9.17) is 9.47 Å². The molecule has 0 unspecified atom stereocenters. The van der Waals surface area contributed by atoms with Crippen LogP contribution in [0.1, 0.15) is 44.0 Å². The molecule has 0 aromatic carbocycles. The van der Waals surface area contributed by atoms with Gasteiger partial charge in [0.2, 0.25) is 0 Å². The van der Waals surface area contributed by atoms with Crippen LogP contribution >= 0.6 is 0 Å². The molecule has 0 aliphatic heterocycles. The van der Waals surface area contributed by atoms with Gasteiger partial charge < -0.3 is 14.0 Å². The minimum absolute atomic E-state index is 0.00325.